The zero-order chi connectivity index (χ0) is 17.1. The fourth-order valence-corrected chi connectivity index (χ4v) is 3.70. The molecule has 24 heavy (non-hydrogen) atoms. The molecule has 1 amide bonds. The molecule has 1 aromatic heterocycles. The first-order valence-electron chi connectivity index (χ1n) is 7.95. The van der Waals surface area contributed by atoms with E-state index in [9.17, 15) is 14.9 Å². The third-order valence-corrected chi connectivity index (χ3v) is 5.16. The average molecular weight is 346 g/mol. The molecular weight excluding hydrogens is 328 g/mol. The van der Waals surface area contributed by atoms with Gasteiger partial charge in [0.2, 0.25) is 0 Å². The molecule has 1 aliphatic carbocycles. The number of benzene rings is 1. The summed E-state index contributed by atoms with van der Waals surface area (Å²) in [6.45, 7) is 1.77. The SMILES string of the molecule is Cc1nnsc1C(=O)N(c1ccc([N+](=O)[O-])cc1)C1CCCCC1. The number of carbonyl (C=O) groups is 1. The van der Waals surface area contributed by atoms with Crippen molar-refractivity contribution in [3.8, 4) is 0 Å². The summed E-state index contributed by atoms with van der Waals surface area (Å²) in [6, 6.07) is 6.28. The second kappa shape index (κ2) is 7.04. The Hall–Kier alpha value is -2.35. The number of anilines is 1. The standard InChI is InChI=1S/C16H18N4O3S/c1-11-15(24-18-17-11)16(21)19(12-5-3-2-4-6-12)13-7-9-14(10-8-13)20(22)23/h7-10,12H,2-6H2,1H3. The van der Waals surface area contributed by atoms with E-state index in [-0.39, 0.29) is 17.6 Å². The Kier molecular flexibility index (Phi) is 4.84. The van der Waals surface area contributed by atoms with Gasteiger partial charge in [0.05, 0.1) is 10.6 Å². The van der Waals surface area contributed by atoms with Gasteiger partial charge in [0.25, 0.3) is 11.6 Å². The zero-order valence-corrected chi connectivity index (χ0v) is 14.2. The van der Waals surface area contributed by atoms with Gasteiger partial charge in [-0.1, -0.05) is 23.8 Å². The van der Waals surface area contributed by atoms with E-state index in [1.165, 1.54) is 18.6 Å². The molecule has 1 aliphatic rings. The van der Waals surface area contributed by atoms with E-state index in [1.807, 2.05) is 0 Å². The minimum Gasteiger partial charge on any atom is -0.305 e. The summed E-state index contributed by atoms with van der Waals surface area (Å²) in [7, 11) is 0. The summed E-state index contributed by atoms with van der Waals surface area (Å²) >= 11 is 1.09. The highest BCUT2D eigenvalue weighted by Gasteiger charge is 2.30. The molecule has 0 spiro atoms. The summed E-state index contributed by atoms with van der Waals surface area (Å²) in [5.74, 6) is -0.122. The van der Waals surface area contributed by atoms with Crippen LogP contribution in [-0.2, 0) is 0 Å². The summed E-state index contributed by atoms with van der Waals surface area (Å²) in [5, 5.41) is 14.8. The van der Waals surface area contributed by atoms with Gasteiger partial charge in [0.1, 0.15) is 4.88 Å². The molecule has 1 heterocycles. The predicted octanol–water partition coefficient (Wildman–Crippen LogP) is 3.73. The van der Waals surface area contributed by atoms with Crippen LogP contribution in [0.3, 0.4) is 0 Å². The number of non-ortho nitro benzene ring substituents is 1. The van der Waals surface area contributed by atoms with Crippen LogP contribution in [0.25, 0.3) is 0 Å². The number of carbonyl (C=O) groups excluding carboxylic acids is 1. The molecule has 1 aromatic carbocycles. The van der Waals surface area contributed by atoms with Gasteiger partial charge in [-0.3, -0.25) is 14.9 Å². The van der Waals surface area contributed by atoms with Crippen molar-refractivity contribution in [2.45, 2.75) is 45.1 Å². The van der Waals surface area contributed by atoms with Gasteiger partial charge in [-0.15, -0.1) is 5.10 Å². The largest absolute Gasteiger partial charge is 0.305 e. The van der Waals surface area contributed by atoms with E-state index >= 15 is 0 Å². The lowest BCUT2D eigenvalue weighted by molar-refractivity contribution is -0.384. The highest BCUT2D eigenvalue weighted by molar-refractivity contribution is 7.08. The van der Waals surface area contributed by atoms with E-state index in [0.717, 1.165) is 37.2 Å². The average Bonchev–Trinajstić information content (AvgIpc) is 3.02. The Morgan fingerprint density at radius 2 is 1.92 bits per heavy atom. The quantitative estimate of drug-likeness (QED) is 0.621. The molecule has 1 fully saturated rings. The number of amides is 1. The van der Waals surface area contributed by atoms with Crippen LogP contribution in [0.2, 0.25) is 0 Å². The van der Waals surface area contributed by atoms with Crippen molar-refractivity contribution in [2.24, 2.45) is 0 Å². The molecule has 8 heteroatoms. The second-order valence-electron chi connectivity index (χ2n) is 5.93. The third-order valence-electron chi connectivity index (χ3n) is 4.34. The Morgan fingerprint density at radius 3 is 2.46 bits per heavy atom. The lowest BCUT2D eigenvalue weighted by Crippen LogP contribution is -2.41. The molecule has 0 N–H and O–H groups in total. The Balaban J connectivity index is 1.96. The van der Waals surface area contributed by atoms with Crippen LogP contribution in [0, 0.1) is 17.0 Å². The van der Waals surface area contributed by atoms with Gasteiger partial charge in [-0.05, 0) is 43.4 Å². The minimum atomic E-state index is -0.437. The molecule has 0 unspecified atom stereocenters. The van der Waals surface area contributed by atoms with Crippen molar-refractivity contribution < 1.29 is 9.72 Å². The maximum absolute atomic E-state index is 13.1. The van der Waals surface area contributed by atoms with E-state index in [2.05, 4.69) is 9.59 Å². The predicted molar refractivity (Wildman–Crippen MR) is 91.4 cm³/mol. The summed E-state index contributed by atoms with van der Waals surface area (Å²) in [5.41, 5.74) is 1.32. The topological polar surface area (TPSA) is 89.2 Å². The molecule has 0 atom stereocenters. The fourth-order valence-electron chi connectivity index (χ4n) is 3.11. The zero-order valence-electron chi connectivity index (χ0n) is 13.3. The smallest absolute Gasteiger partial charge is 0.272 e. The number of nitrogens with zero attached hydrogens (tertiary/aromatic N) is 4. The lowest BCUT2D eigenvalue weighted by atomic mass is 9.93. The maximum atomic E-state index is 13.1. The first kappa shape index (κ1) is 16.5. The highest BCUT2D eigenvalue weighted by Crippen LogP contribution is 2.31. The van der Waals surface area contributed by atoms with Gasteiger partial charge in [0, 0.05) is 23.9 Å². The Morgan fingerprint density at radius 1 is 1.25 bits per heavy atom. The van der Waals surface area contributed by atoms with Crippen LogP contribution in [0.5, 0.6) is 0 Å². The molecule has 0 aliphatic heterocycles. The van der Waals surface area contributed by atoms with Crippen molar-refractivity contribution in [1.29, 1.82) is 0 Å². The summed E-state index contributed by atoms with van der Waals surface area (Å²) < 4.78 is 3.86. The fraction of sp³-hybridized carbons (Fsp3) is 0.438. The van der Waals surface area contributed by atoms with Crippen LogP contribution in [-0.4, -0.2) is 26.5 Å². The first-order valence-corrected chi connectivity index (χ1v) is 8.72. The van der Waals surface area contributed by atoms with E-state index in [4.69, 9.17) is 0 Å². The molecule has 7 nitrogen and oxygen atoms in total. The number of aromatic nitrogens is 2. The highest BCUT2D eigenvalue weighted by atomic mass is 32.1. The number of aryl methyl sites for hydroxylation is 1. The van der Waals surface area contributed by atoms with E-state index < -0.39 is 4.92 Å². The second-order valence-corrected chi connectivity index (χ2v) is 6.68. The Labute approximate surface area is 143 Å². The molecule has 126 valence electrons. The third kappa shape index (κ3) is 3.28. The molecule has 0 bridgehead atoms. The van der Waals surface area contributed by atoms with Crippen molar-refractivity contribution >= 4 is 28.8 Å². The van der Waals surface area contributed by atoms with E-state index in [1.54, 1.807) is 24.0 Å². The first-order chi connectivity index (χ1) is 11.6. The van der Waals surface area contributed by atoms with Crippen LogP contribution in [0.4, 0.5) is 11.4 Å². The normalized spacial score (nSPS) is 15.2. The van der Waals surface area contributed by atoms with Crippen molar-refractivity contribution in [3.63, 3.8) is 0 Å². The number of nitro benzene ring substituents is 1. The van der Waals surface area contributed by atoms with Gasteiger partial charge < -0.3 is 4.90 Å². The molecule has 0 radical (unpaired) electrons. The number of nitro groups is 1. The van der Waals surface area contributed by atoms with Crippen LogP contribution < -0.4 is 4.90 Å². The molecule has 0 saturated heterocycles. The van der Waals surface area contributed by atoms with Crippen molar-refractivity contribution in [2.75, 3.05) is 4.90 Å². The molecule has 2 aromatic rings. The van der Waals surface area contributed by atoms with Crippen LogP contribution in [0.1, 0.15) is 47.5 Å². The lowest BCUT2D eigenvalue weighted by Gasteiger charge is -2.34. The Bertz CT molecular complexity index is 738. The van der Waals surface area contributed by atoms with Crippen LogP contribution >= 0.6 is 11.5 Å². The molecular formula is C16H18N4O3S. The molecule has 1 saturated carbocycles. The van der Waals surface area contributed by atoms with Gasteiger partial charge in [0.15, 0.2) is 0 Å². The van der Waals surface area contributed by atoms with Gasteiger partial charge in [-0.25, -0.2) is 0 Å². The number of rotatable bonds is 4. The maximum Gasteiger partial charge on any atom is 0.272 e. The van der Waals surface area contributed by atoms with Crippen molar-refractivity contribution in [1.82, 2.24) is 9.59 Å². The summed E-state index contributed by atoms with van der Waals surface area (Å²) in [6.07, 6.45) is 5.23. The van der Waals surface area contributed by atoms with E-state index in [0.29, 0.717) is 16.3 Å². The van der Waals surface area contributed by atoms with Crippen LogP contribution in [0.15, 0.2) is 24.3 Å². The number of hydrogen-bond acceptors (Lipinski definition) is 6. The van der Waals surface area contributed by atoms with Gasteiger partial charge >= 0.3 is 0 Å². The van der Waals surface area contributed by atoms with Crippen molar-refractivity contribution in [3.05, 3.63) is 45.0 Å². The van der Waals surface area contributed by atoms with Gasteiger partial charge in [-0.2, -0.15) is 0 Å². The molecule has 3 rings (SSSR count). The monoisotopic (exact) mass is 346 g/mol. The summed E-state index contributed by atoms with van der Waals surface area (Å²) in [4.78, 5) is 25.8. The minimum absolute atomic E-state index is 0.0189. The number of hydrogen-bond donors (Lipinski definition) is 0.